The van der Waals surface area contributed by atoms with Crippen molar-refractivity contribution in [3.05, 3.63) is 23.5 Å². The highest BCUT2D eigenvalue weighted by Crippen LogP contribution is 2.36. The van der Waals surface area contributed by atoms with Crippen LogP contribution in [0.4, 0.5) is 15.8 Å². The Morgan fingerprint density at radius 2 is 2.21 bits per heavy atom. The van der Waals surface area contributed by atoms with Crippen LogP contribution < -0.4 is 10.2 Å². The highest BCUT2D eigenvalue weighted by molar-refractivity contribution is 6.02. The van der Waals surface area contributed by atoms with Crippen molar-refractivity contribution in [2.75, 3.05) is 17.3 Å². The molecule has 2 unspecified atom stereocenters. The van der Waals surface area contributed by atoms with Gasteiger partial charge in [-0.05, 0) is 25.5 Å². The lowest BCUT2D eigenvalue weighted by molar-refractivity contribution is -0.123. The van der Waals surface area contributed by atoms with Crippen LogP contribution in [0.5, 0.6) is 0 Å². The second-order valence-corrected chi connectivity index (χ2v) is 5.03. The van der Waals surface area contributed by atoms with Crippen molar-refractivity contribution in [1.82, 2.24) is 0 Å². The zero-order valence-corrected chi connectivity index (χ0v) is 11.4. The number of rotatable bonds is 4. The van der Waals surface area contributed by atoms with E-state index in [0.717, 1.165) is 12.8 Å². The number of hydrogen-bond acceptors (Lipinski definition) is 3. The quantitative estimate of drug-likeness (QED) is 0.880. The largest absolute Gasteiger partial charge is 0.378 e. The van der Waals surface area contributed by atoms with Crippen molar-refractivity contribution in [2.24, 2.45) is 0 Å². The molecule has 2 atom stereocenters. The van der Waals surface area contributed by atoms with E-state index in [2.05, 4.69) is 12.2 Å². The minimum Gasteiger partial charge on any atom is -0.378 e. The Labute approximate surface area is 112 Å². The summed E-state index contributed by atoms with van der Waals surface area (Å²) in [5, 5.41) is 12.2. The van der Waals surface area contributed by atoms with Crippen molar-refractivity contribution in [1.29, 1.82) is 0 Å². The molecule has 1 aromatic carbocycles. The van der Waals surface area contributed by atoms with Gasteiger partial charge in [-0.3, -0.25) is 4.79 Å². The van der Waals surface area contributed by atoms with Crippen LogP contribution in [0.2, 0.25) is 0 Å². The van der Waals surface area contributed by atoms with E-state index in [9.17, 15) is 14.3 Å². The lowest BCUT2D eigenvalue weighted by atomic mass is 10.1. The van der Waals surface area contributed by atoms with Crippen LogP contribution in [0.1, 0.15) is 38.4 Å². The maximum atomic E-state index is 14.1. The summed E-state index contributed by atoms with van der Waals surface area (Å²) in [5.41, 5.74) is 1.24. The molecule has 0 aliphatic carbocycles. The van der Waals surface area contributed by atoms with Gasteiger partial charge in [0.25, 0.3) is 5.91 Å². The molecule has 104 valence electrons. The molecular formula is C14H19FN2O2. The SMILES string of the molecule is CCCC(C)N(C)c1cc2c(cc1F)C(O)C(=O)N2. The number of nitrogens with zero attached hydrogens (tertiary/aromatic N) is 1. The van der Waals surface area contributed by atoms with Gasteiger partial charge in [0, 0.05) is 24.3 Å². The molecular weight excluding hydrogens is 247 g/mol. The summed E-state index contributed by atoms with van der Waals surface area (Å²) in [6.07, 6.45) is 0.715. The molecule has 0 radical (unpaired) electrons. The molecule has 1 aliphatic heterocycles. The lowest BCUT2D eigenvalue weighted by Gasteiger charge is -2.27. The molecule has 1 heterocycles. The normalized spacial score (nSPS) is 19.0. The number of carbonyl (C=O) groups is 1. The summed E-state index contributed by atoms with van der Waals surface area (Å²) < 4.78 is 14.1. The number of nitrogens with one attached hydrogen (secondary N) is 1. The molecule has 0 fully saturated rings. The van der Waals surface area contributed by atoms with Crippen molar-refractivity contribution < 1.29 is 14.3 Å². The van der Waals surface area contributed by atoms with Gasteiger partial charge in [-0.15, -0.1) is 0 Å². The minimum atomic E-state index is -1.27. The van der Waals surface area contributed by atoms with E-state index in [0.29, 0.717) is 16.9 Å². The first-order valence-corrected chi connectivity index (χ1v) is 6.51. The molecule has 0 saturated carbocycles. The number of aliphatic hydroxyl groups excluding tert-OH is 1. The standard InChI is InChI=1S/C14H19FN2O2/c1-4-5-8(2)17(3)12-7-11-9(6-10(12)15)13(18)14(19)16-11/h6-8,13,18H,4-5H2,1-3H3,(H,16,19). The van der Waals surface area contributed by atoms with Crippen LogP contribution in [-0.4, -0.2) is 24.1 Å². The zero-order chi connectivity index (χ0) is 14.2. The van der Waals surface area contributed by atoms with Crippen molar-refractivity contribution >= 4 is 17.3 Å². The topological polar surface area (TPSA) is 52.6 Å². The van der Waals surface area contributed by atoms with E-state index in [1.165, 1.54) is 6.07 Å². The second-order valence-electron chi connectivity index (χ2n) is 5.03. The summed E-state index contributed by atoms with van der Waals surface area (Å²) in [4.78, 5) is 13.2. The van der Waals surface area contributed by atoms with Gasteiger partial charge in [0.1, 0.15) is 5.82 Å². The Hall–Kier alpha value is -1.62. The zero-order valence-electron chi connectivity index (χ0n) is 11.4. The van der Waals surface area contributed by atoms with E-state index in [1.54, 1.807) is 6.07 Å². The summed E-state index contributed by atoms with van der Waals surface area (Å²) in [5.74, 6) is -0.921. The Kier molecular flexibility index (Phi) is 3.75. The van der Waals surface area contributed by atoms with E-state index < -0.39 is 17.8 Å². The van der Waals surface area contributed by atoms with E-state index in [-0.39, 0.29) is 6.04 Å². The third kappa shape index (κ3) is 2.42. The van der Waals surface area contributed by atoms with Gasteiger partial charge in [0.2, 0.25) is 0 Å². The third-order valence-corrected chi connectivity index (χ3v) is 3.67. The van der Waals surface area contributed by atoms with Crippen molar-refractivity contribution in [2.45, 2.75) is 38.8 Å². The smallest absolute Gasteiger partial charge is 0.257 e. The Morgan fingerprint density at radius 1 is 1.53 bits per heavy atom. The average molecular weight is 266 g/mol. The molecule has 19 heavy (non-hydrogen) atoms. The average Bonchev–Trinajstić information content (AvgIpc) is 2.64. The molecule has 0 aromatic heterocycles. The van der Waals surface area contributed by atoms with Gasteiger partial charge in [0.05, 0.1) is 5.69 Å². The minimum absolute atomic E-state index is 0.208. The summed E-state index contributed by atoms with van der Waals surface area (Å²) in [7, 11) is 1.83. The monoisotopic (exact) mass is 266 g/mol. The van der Waals surface area contributed by atoms with Crippen LogP contribution in [0.3, 0.4) is 0 Å². The molecule has 1 amide bonds. The maximum Gasteiger partial charge on any atom is 0.257 e. The summed E-state index contributed by atoms with van der Waals surface area (Å²) in [6.45, 7) is 4.11. The number of amides is 1. The lowest BCUT2D eigenvalue weighted by Crippen LogP contribution is -2.29. The van der Waals surface area contributed by atoms with Gasteiger partial charge < -0.3 is 15.3 Å². The van der Waals surface area contributed by atoms with Crippen LogP contribution in [0.25, 0.3) is 0 Å². The predicted molar refractivity (Wildman–Crippen MR) is 72.8 cm³/mol. The van der Waals surface area contributed by atoms with Crippen LogP contribution in [0, 0.1) is 5.82 Å². The number of fused-ring (bicyclic) bond motifs is 1. The van der Waals surface area contributed by atoms with Gasteiger partial charge in [-0.2, -0.15) is 0 Å². The second kappa shape index (κ2) is 5.17. The van der Waals surface area contributed by atoms with E-state index in [4.69, 9.17) is 0 Å². The van der Waals surface area contributed by atoms with Crippen LogP contribution in [0.15, 0.2) is 12.1 Å². The van der Waals surface area contributed by atoms with E-state index >= 15 is 0 Å². The molecule has 4 nitrogen and oxygen atoms in total. The molecule has 1 aromatic rings. The van der Waals surface area contributed by atoms with Gasteiger partial charge in [0.15, 0.2) is 6.10 Å². The summed E-state index contributed by atoms with van der Waals surface area (Å²) >= 11 is 0. The predicted octanol–water partition coefficient (Wildman–Crippen LogP) is 2.44. The van der Waals surface area contributed by atoms with Gasteiger partial charge >= 0.3 is 0 Å². The number of benzene rings is 1. The Balaban J connectivity index is 2.34. The molecule has 0 spiro atoms. The number of aliphatic hydroxyl groups is 1. The fraction of sp³-hybridized carbons (Fsp3) is 0.500. The third-order valence-electron chi connectivity index (χ3n) is 3.67. The number of halogens is 1. The van der Waals surface area contributed by atoms with Crippen LogP contribution >= 0.6 is 0 Å². The highest BCUT2D eigenvalue weighted by atomic mass is 19.1. The maximum absolute atomic E-state index is 14.1. The fourth-order valence-electron chi connectivity index (χ4n) is 2.37. The molecule has 2 N–H and O–H groups in total. The first-order valence-electron chi connectivity index (χ1n) is 6.51. The Bertz CT molecular complexity index is 504. The highest BCUT2D eigenvalue weighted by Gasteiger charge is 2.30. The van der Waals surface area contributed by atoms with E-state index in [1.807, 2.05) is 18.9 Å². The molecule has 2 rings (SSSR count). The number of carbonyl (C=O) groups excluding carboxylic acids is 1. The molecule has 0 saturated heterocycles. The van der Waals surface area contributed by atoms with Gasteiger partial charge in [-0.25, -0.2) is 4.39 Å². The molecule has 0 bridgehead atoms. The first kappa shape index (κ1) is 13.8. The first-order chi connectivity index (χ1) is 8.95. The number of anilines is 2. The summed E-state index contributed by atoms with van der Waals surface area (Å²) in [6, 6.07) is 3.03. The number of hydrogen-bond donors (Lipinski definition) is 2. The fourth-order valence-corrected chi connectivity index (χ4v) is 2.37. The van der Waals surface area contributed by atoms with Crippen molar-refractivity contribution in [3.63, 3.8) is 0 Å². The van der Waals surface area contributed by atoms with Crippen LogP contribution in [-0.2, 0) is 4.79 Å². The molecule has 5 heteroatoms. The van der Waals surface area contributed by atoms with Gasteiger partial charge in [-0.1, -0.05) is 13.3 Å². The van der Waals surface area contributed by atoms with Crippen molar-refractivity contribution in [3.8, 4) is 0 Å². The Morgan fingerprint density at radius 3 is 2.84 bits per heavy atom. The molecule has 1 aliphatic rings.